The van der Waals surface area contributed by atoms with Crippen molar-refractivity contribution in [3.8, 4) is 0 Å². The standard InChI is InChI=1S/C20H24N6O/c1-21-20(25-12-11-23-19(27)16-5-4-9-22-13-16)24-10-8-15-14-26-18-7-3-2-6-17(15)18/h2-7,9,13-14,26H,8,10-12H2,1H3,(H,23,27)(H2,21,24,25). The first-order valence-electron chi connectivity index (χ1n) is 8.95. The first-order valence-corrected chi connectivity index (χ1v) is 8.95. The highest BCUT2D eigenvalue weighted by molar-refractivity contribution is 5.93. The Hall–Kier alpha value is -3.35. The summed E-state index contributed by atoms with van der Waals surface area (Å²) in [7, 11) is 1.73. The molecule has 0 aliphatic carbocycles. The summed E-state index contributed by atoms with van der Waals surface area (Å²) >= 11 is 0. The van der Waals surface area contributed by atoms with Crippen LogP contribution < -0.4 is 16.0 Å². The van der Waals surface area contributed by atoms with Crippen LogP contribution in [0.2, 0.25) is 0 Å². The molecule has 3 aromatic rings. The largest absolute Gasteiger partial charge is 0.361 e. The number of carbonyl (C=O) groups is 1. The zero-order valence-electron chi connectivity index (χ0n) is 15.3. The summed E-state index contributed by atoms with van der Waals surface area (Å²) in [6, 6.07) is 11.8. The van der Waals surface area contributed by atoms with Gasteiger partial charge in [-0.2, -0.15) is 0 Å². The van der Waals surface area contributed by atoms with Gasteiger partial charge in [0.1, 0.15) is 0 Å². The molecule has 2 heterocycles. The maximum atomic E-state index is 11.9. The number of nitrogens with one attached hydrogen (secondary N) is 4. The molecule has 27 heavy (non-hydrogen) atoms. The summed E-state index contributed by atoms with van der Waals surface area (Å²) in [4.78, 5) is 23.4. The Balaban J connectivity index is 1.38. The lowest BCUT2D eigenvalue weighted by molar-refractivity contribution is 0.0954. The van der Waals surface area contributed by atoms with E-state index in [0.717, 1.165) is 18.5 Å². The highest BCUT2D eigenvalue weighted by Gasteiger charge is 2.05. The first-order chi connectivity index (χ1) is 13.3. The van der Waals surface area contributed by atoms with Crippen LogP contribution in [-0.2, 0) is 6.42 Å². The van der Waals surface area contributed by atoms with E-state index >= 15 is 0 Å². The zero-order valence-corrected chi connectivity index (χ0v) is 15.3. The number of amides is 1. The van der Waals surface area contributed by atoms with E-state index in [1.165, 1.54) is 10.9 Å². The summed E-state index contributed by atoms with van der Waals surface area (Å²) in [5.41, 5.74) is 2.98. The molecule has 2 aromatic heterocycles. The molecule has 0 radical (unpaired) electrons. The number of hydrogen-bond acceptors (Lipinski definition) is 3. The van der Waals surface area contributed by atoms with Crippen molar-refractivity contribution < 1.29 is 4.79 Å². The lowest BCUT2D eigenvalue weighted by Crippen LogP contribution is -2.42. The van der Waals surface area contributed by atoms with Crippen molar-refractivity contribution in [2.45, 2.75) is 6.42 Å². The van der Waals surface area contributed by atoms with Crippen LogP contribution >= 0.6 is 0 Å². The molecule has 4 N–H and O–H groups in total. The molecular formula is C20H24N6O. The Morgan fingerprint density at radius 2 is 1.89 bits per heavy atom. The Bertz CT molecular complexity index is 903. The molecule has 0 unspecified atom stereocenters. The number of nitrogens with zero attached hydrogens (tertiary/aromatic N) is 2. The van der Waals surface area contributed by atoms with Crippen LogP contribution in [0.3, 0.4) is 0 Å². The molecular weight excluding hydrogens is 340 g/mol. The quantitative estimate of drug-likeness (QED) is 0.292. The van der Waals surface area contributed by atoms with Crippen LogP contribution in [0.15, 0.2) is 60.0 Å². The third-order valence-electron chi connectivity index (χ3n) is 4.21. The fourth-order valence-corrected chi connectivity index (χ4v) is 2.83. The van der Waals surface area contributed by atoms with Crippen LogP contribution in [0.1, 0.15) is 15.9 Å². The molecule has 0 spiro atoms. The molecule has 7 heteroatoms. The van der Waals surface area contributed by atoms with Crippen LogP contribution in [0, 0.1) is 0 Å². The van der Waals surface area contributed by atoms with Gasteiger partial charge in [0.05, 0.1) is 5.56 Å². The third-order valence-corrected chi connectivity index (χ3v) is 4.21. The minimum Gasteiger partial charge on any atom is -0.361 e. The minimum atomic E-state index is -0.132. The molecule has 0 fully saturated rings. The van der Waals surface area contributed by atoms with E-state index in [1.807, 2.05) is 12.1 Å². The van der Waals surface area contributed by atoms with Gasteiger partial charge in [-0.3, -0.25) is 14.8 Å². The van der Waals surface area contributed by atoms with Gasteiger partial charge < -0.3 is 20.9 Å². The Morgan fingerprint density at radius 3 is 2.70 bits per heavy atom. The maximum Gasteiger partial charge on any atom is 0.252 e. The fraction of sp³-hybridized carbons (Fsp3) is 0.250. The van der Waals surface area contributed by atoms with Crippen LogP contribution in [0.4, 0.5) is 0 Å². The van der Waals surface area contributed by atoms with Crippen LogP contribution in [0.25, 0.3) is 10.9 Å². The molecule has 1 amide bonds. The van der Waals surface area contributed by atoms with E-state index in [9.17, 15) is 4.79 Å². The number of para-hydroxylation sites is 1. The number of aromatic nitrogens is 2. The van der Waals surface area contributed by atoms with Gasteiger partial charge in [0.25, 0.3) is 5.91 Å². The number of rotatable bonds is 7. The number of H-pyrrole nitrogens is 1. The number of guanidine groups is 1. The van der Waals surface area contributed by atoms with Crippen molar-refractivity contribution in [2.24, 2.45) is 4.99 Å². The number of aliphatic imine (C=N–C) groups is 1. The SMILES string of the molecule is CN=C(NCCNC(=O)c1cccnc1)NCCc1c[nH]c2ccccc12. The summed E-state index contributed by atoms with van der Waals surface area (Å²) in [5, 5.41) is 10.6. The lowest BCUT2D eigenvalue weighted by atomic mass is 10.1. The van der Waals surface area contributed by atoms with Crippen LogP contribution in [-0.4, -0.2) is 48.5 Å². The highest BCUT2D eigenvalue weighted by Crippen LogP contribution is 2.17. The zero-order chi connectivity index (χ0) is 18.9. The van der Waals surface area contributed by atoms with E-state index in [-0.39, 0.29) is 5.91 Å². The molecule has 1 aromatic carbocycles. The molecule has 0 aliphatic rings. The number of pyridine rings is 1. The minimum absolute atomic E-state index is 0.132. The number of aromatic amines is 1. The van der Waals surface area contributed by atoms with Crippen molar-refractivity contribution in [3.63, 3.8) is 0 Å². The highest BCUT2D eigenvalue weighted by atomic mass is 16.1. The summed E-state index contributed by atoms with van der Waals surface area (Å²) in [6.45, 7) is 1.85. The van der Waals surface area contributed by atoms with E-state index in [0.29, 0.717) is 24.6 Å². The normalized spacial score (nSPS) is 11.4. The van der Waals surface area contributed by atoms with E-state index in [1.54, 1.807) is 31.6 Å². The summed E-state index contributed by atoms with van der Waals surface area (Å²) in [5.74, 6) is 0.581. The maximum absolute atomic E-state index is 11.9. The number of benzene rings is 1. The topological polar surface area (TPSA) is 94.2 Å². The number of hydrogen-bond donors (Lipinski definition) is 4. The average Bonchev–Trinajstić information content (AvgIpc) is 3.13. The molecule has 0 bridgehead atoms. The third kappa shape index (κ3) is 5.07. The van der Waals surface area contributed by atoms with E-state index in [2.05, 4.69) is 49.2 Å². The van der Waals surface area contributed by atoms with Gasteiger partial charge in [0.2, 0.25) is 0 Å². The van der Waals surface area contributed by atoms with Gasteiger partial charge in [-0.1, -0.05) is 18.2 Å². The average molecular weight is 364 g/mol. The lowest BCUT2D eigenvalue weighted by Gasteiger charge is -2.12. The monoisotopic (exact) mass is 364 g/mol. The van der Waals surface area contributed by atoms with Crippen molar-refractivity contribution in [3.05, 3.63) is 66.1 Å². The van der Waals surface area contributed by atoms with Gasteiger partial charge in [-0.15, -0.1) is 0 Å². The smallest absolute Gasteiger partial charge is 0.252 e. The Kier molecular flexibility index (Phi) is 6.40. The molecule has 0 saturated carbocycles. The van der Waals surface area contributed by atoms with Crippen molar-refractivity contribution in [1.82, 2.24) is 25.9 Å². The fourth-order valence-electron chi connectivity index (χ4n) is 2.83. The molecule has 140 valence electrons. The predicted octanol–water partition coefficient (Wildman–Crippen LogP) is 1.70. The van der Waals surface area contributed by atoms with Gasteiger partial charge >= 0.3 is 0 Å². The number of carbonyl (C=O) groups excluding carboxylic acids is 1. The molecule has 0 saturated heterocycles. The van der Waals surface area contributed by atoms with Crippen molar-refractivity contribution >= 4 is 22.8 Å². The molecule has 3 rings (SSSR count). The van der Waals surface area contributed by atoms with Crippen LogP contribution in [0.5, 0.6) is 0 Å². The van der Waals surface area contributed by atoms with Gasteiger partial charge in [0.15, 0.2) is 5.96 Å². The predicted molar refractivity (Wildman–Crippen MR) is 108 cm³/mol. The van der Waals surface area contributed by atoms with Gasteiger partial charge in [-0.05, 0) is 30.2 Å². The van der Waals surface area contributed by atoms with Crippen molar-refractivity contribution in [1.29, 1.82) is 0 Å². The molecule has 0 atom stereocenters. The first kappa shape index (κ1) is 18.4. The second kappa shape index (κ2) is 9.38. The van der Waals surface area contributed by atoms with E-state index < -0.39 is 0 Å². The van der Waals surface area contributed by atoms with Crippen molar-refractivity contribution in [2.75, 3.05) is 26.7 Å². The van der Waals surface area contributed by atoms with E-state index in [4.69, 9.17) is 0 Å². The second-order valence-corrected chi connectivity index (χ2v) is 6.03. The summed E-state index contributed by atoms with van der Waals surface area (Å²) < 4.78 is 0. The molecule has 0 aliphatic heterocycles. The Labute approximate surface area is 158 Å². The second-order valence-electron chi connectivity index (χ2n) is 6.03. The van der Waals surface area contributed by atoms with Gasteiger partial charge in [-0.25, -0.2) is 0 Å². The summed E-state index contributed by atoms with van der Waals surface area (Å²) in [6.07, 6.45) is 6.14. The number of fused-ring (bicyclic) bond motifs is 1. The molecule has 7 nitrogen and oxygen atoms in total. The Morgan fingerprint density at radius 1 is 1.07 bits per heavy atom. The van der Waals surface area contributed by atoms with Gasteiger partial charge in [0, 0.05) is 56.2 Å².